The molecule has 2 nitrogen and oxygen atoms in total. The third-order valence-corrected chi connectivity index (χ3v) is 4.54. The molecule has 0 aromatic rings. The normalized spacial score (nSPS) is 34.7. The van der Waals surface area contributed by atoms with Gasteiger partial charge in [-0.3, -0.25) is 0 Å². The Bertz CT molecular complexity index is 394. The molecule has 2 aliphatic carbocycles. The molecule has 0 spiro atoms. The lowest BCUT2D eigenvalue weighted by Crippen LogP contribution is -2.46. The number of fused-ring (bicyclic) bond motifs is 2. The van der Waals surface area contributed by atoms with Crippen molar-refractivity contribution < 1.29 is 9.53 Å². The molecule has 3 unspecified atom stereocenters. The predicted molar refractivity (Wildman–Crippen MR) is 73.1 cm³/mol. The molecule has 2 rings (SSSR count). The highest BCUT2D eigenvalue weighted by atomic mass is 16.6. The molecule has 0 heterocycles. The van der Waals surface area contributed by atoms with Crippen LogP contribution in [0.2, 0.25) is 0 Å². The van der Waals surface area contributed by atoms with Crippen molar-refractivity contribution in [2.45, 2.75) is 58.5 Å². The van der Waals surface area contributed by atoms with Gasteiger partial charge >= 0.3 is 5.97 Å². The van der Waals surface area contributed by atoms with Crippen LogP contribution in [0.3, 0.4) is 0 Å². The molecule has 0 aromatic carbocycles. The number of hydrogen-bond acceptors (Lipinski definition) is 2. The van der Waals surface area contributed by atoms with E-state index in [9.17, 15) is 4.79 Å². The third-order valence-electron chi connectivity index (χ3n) is 4.54. The number of hydrogen-bond donors (Lipinski definition) is 0. The molecular weight excluding hydrogens is 224 g/mol. The lowest BCUT2D eigenvalue weighted by Gasteiger charge is -2.47. The Morgan fingerprint density at radius 3 is 2.94 bits per heavy atom. The Hall–Kier alpha value is -1.05. The van der Waals surface area contributed by atoms with Crippen molar-refractivity contribution in [3.05, 3.63) is 23.8 Å². The fourth-order valence-corrected chi connectivity index (χ4v) is 3.49. The van der Waals surface area contributed by atoms with Crippen molar-refractivity contribution in [1.29, 1.82) is 0 Å². The Morgan fingerprint density at radius 2 is 2.33 bits per heavy atom. The van der Waals surface area contributed by atoms with E-state index in [1.54, 1.807) is 12.5 Å². The maximum atomic E-state index is 11.9. The molecular formula is C16H24O2. The fraction of sp³-hybridized carbons (Fsp3) is 0.688. The summed E-state index contributed by atoms with van der Waals surface area (Å²) in [5.74, 6) is 0.894. The Kier molecular flexibility index (Phi) is 3.65. The zero-order chi connectivity index (χ0) is 13.3. The first-order valence-electron chi connectivity index (χ1n) is 7.05. The number of carbonyl (C=O) groups is 1. The van der Waals surface area contributed by atoms with Gasteiger partial charge in [0, 0.05) is 11.5 Å². The minimum absolute atomic E-state index is 0.220. The van der Waals surface area contributed by atoms with Gasteiger partial charge in [-0.1, -0.05) is 32.1 Å². The summed E-state index contributed by atoms with van der Waals surface area (Å²) < 4.78 is 5.86. The SMILES string of the molecule is C=C(C)C(=O)OC1(CC)CCC2=CC(C)CC1C2. The maximum absolute atomic E-state index is 11.9. The van der Waals surface area contributed by atoms with Gasteiger partial charge in [0.05, 0.1) is 0 Å². The summed E-state index contributed by atoms with van der Waals surface area (Å²) in [5, 5.41) is 0. The van der Waals surface area contributed by atoms with Crippen LogP contribution in [0.25, 0.3) is 0 Å². The predicted octanol–water partition coefficient (Wildman–Crippen LogP) is 4.02. The van der Waals surface area contributed by atoms with E-state index in [-0.39, 0.29) is 11.6 Å². The standard InChI is InChI=1S/C16H24O2/c1-5-16(18-15(17)11(2)3)7-6-13-8-12(4)9-14(16)10-13/h8,12,14H,2,5-7,9-10H2,1,3-4H3. The average Bonchev–Trinajstić information content (AvgIpc) is 2.32. The van der Waals surface area contributed by atoms with Crippen LogP contribution in [0.5, 0.6) is 0 Å². The second-order valence-corrected chi connectivity index (χ2v) is 6.03. The number of rotatable bonds is 3. The van der Waals surface area contributed by atoms with Crippen LogP contribution in [-0.2, 0) is 9.53 Å². The van der Waals surface area contributed by atoms with Crippen LogP contribution in [0, 0.1) is 11.8 Å². The molecule has 0 aromatic heterocycles. The van der Waals surface area contributed by atoms with Crippen molar-refractivity contribution >= 4 is 5.97 Å². The quantitative estimate of drug-likeness (QED) is 0.428. The van der Waals surface area contributed by atoms with Crippen LogP contribution in [-0.4, -0.2) is 11.6 Å². The van der Waals surface area contributed by atoms with Gasteiger partial charge in [0.15, 0.2) is 0 Å². The molecule has 0 N–H and O–H groups in total. The van der Waals surface area contributed by atoms with E-state index < -0.39 is 0 Å². The third kappa shape index (κ3) is 2.38. The second-order valence-electron chi connectivity index (χ2n) is 6.03. The van der Waals surface area contributed by atoms with Gasteiger partial charge in [0.1, 0.15) is 5.60 Å². The van der Waals surface area contributed by atoms with Crippen LogP contribution < -0.4 is 0 Å². The van der Waals surface area contributed by atoms with Crippen molar-refractivity contribution in [2.24, 2.45) is 11.8 Å². The summed E-state index contributed by atoms with van der Waals surface area (Å²) in [7, 11) is 0. The number of carbonyl (C=O) groups excluding carboxylic acids is 1. The molecule has 0 saturated heterocycles. The van der Waals surface area contributed by atoms with Gasteiger partial charge in [-0.05, 0) is 44.9 Å². The summed E-state index contributed by atoms with van der Waals surface area (Å²) in [6.07, 6.45) is 7.64. The minimum Gasteiger partial charge on any atom is -0.455 e. The van der Waals surface area contributed by atoms with Crippen LogP contribution in [0.15, 0.2) is 23.8 Å². The molecule has 18 heavy (non-hydrogen) atoms. The zero-order valence-corrected chi connectivity index (χ0v) is 11.8. The molecule has 1 fully saturated rings. The van der Waals surface area contributed by atoms with E-state index in [0.29, 0.717) is 17.4 Å². The lowest BCUT2D eigenvalue weighted by molar-refractivity contribution is -0.166. The number of esters is 1. The van der Waals surface area contributed by atoms with E-state index in [1.807, 2.05) is 0 Å². The van der Waals surface area contributed by atoms with Crippen LogP contribution in [0.4, 0.5) is 0 Å². The highest BCUT2D eigenvalue weighted by molar-refractivity contribution is 5.87. The first-order chi connectivity index (χ1) is 8.47. The molecule has 2 heteroatoms. The largest absolute Gasteiger partial charge is 0.455 e. The van der Waals surface area contributed by atoms with Gasteiger partial charge < -0.3 is 4.74 Å². The van der Waals surface area contributed by atoms with Crippen LogP contribution in [0.1, 0.15) is 52.9 Å². The summed E-state index contributed by atoms with van der Waals surface area (Å²) in [5.41, 5.74) is 1.82. The first-order valence-corrected chi connectivity index (χ1v) is 7.05. The van der Waals surface area contributed by atoms with Gasteiger partial charge in [-0.25, -0.2) is 4.79 Å². The molecule has 0 radical (unpaired) electrons. The molecule has 3 atom stereocenters. The summed E-state index contributed by atoms with van der Waals surface area (Å²) in [6.45, 7) is 9.82. The van der Waals surface area contributed by atoms with E-state index in [2.05, 4.69) is 26.5 Å². The van der Waals surface area contributed by atoms with E-state index in [1.165, 1.54) is 0 Å². The number of allylic oxidation sites excluding steroid dienone is 2. The van der Waals surface area contributed by atoms with Crippen molar-refractivity contribution in [3.8, 4) is 0 Å². The lowest BCUT2D eigenvalue weighted by atomic mass is 9.65. The zero-order valence-electron chi connectivity index (χ0n) is 11.8. The Balaban J connectivity index is 2.20. The molecule has 0 aliphatic heterocycles. The fourth-order valence-electron chi connectivity index (χ4n) is 3.49. The second kappa shape index (κ2) is 4.91. The van der Waals surface area contributed by atoms with Crippen molar-refractivity contribution in [1.82, 2.24) is 0 Å². The van der Waals surface area contributed by atoms with Crippen molar-refractivity contribution in [3.63, 3.8) is 0 Å². The highest BCUT2D eigenvalue weighted by Gasteiger charge is 2.45. The first kappa shape index (κ1) is 13.4. The van der Waals surface area contributed by atoms with Gasteiger partial charge in [-0.2, -0.15) is 0 Å². The highest BCUT2D eigenvalue weighted by Crippen LogP contribution is 2.48. The molecule has 0 amide bonds. The van der Waals surface area contributed by atoms with Gasteiger partial charge in [-0.15, -0.1) is 0 Å². The number of ether oxygens (including phenoxy) is 1. The van der Waals surface area contributed by atoms with E-state index >= 15 is 0 Å². The van der Waals surface area contributed by atoms with Gasteiger partial charge in [0.2, 0.25) is 0 Å². The summed E-state index contributed by atoms with van der Waals surface area (Å²) in [6, 6.07) is 0. The maximum Gasteiger partial charge on any atom is 0.333 e. The molecule has 100 valence electrons. The van der Waals surface area contributed by atoms with Crippen molar-refractivity contribution in [2.75, 3.05) is 0 Å². The minimum atomic E-state index is -0.248. The Labute approximate surface area is 110 Å². The smallest absolute Gasteiger partial charge is 0.333 e. The molecule has 2 aliphatic rings. The van der Waals surface area contributed by atoms with Crippen LogP contribution >= 0.6 is 0 Å². The Morgan fingerprint density at radius 1 is 1.61 bits per heavy atom. The van der Waals surface area contributed by atoms with Gasteiger partial charge in [0.25, 0.3) is 0 Å². The van der Waals surface area contributed by atoms with E-state index in [4.69, 9.17) is 4.74 Å². The monoisotopic (exact) mass is 248 g/mol. The topological polar surface area (TPSA) is 26.3 Å². The average molecular weight is 248 g/mol. The molecule has 1 saturated carbocycles. The molecule has 2 bridgehead atoms. The summed E-state index contributed by atoms with van der Waals surface area (Å²) in [4.78, 5) is 11.9. The summed E-state index contributed by atoms with van der Waals surface area (Å²) >= 11 is 0. The van der Waals surface area contributed by atoms with E-state index in [0.717, 1.165) is 32.1 Å².